The molecule has 0 fully saturated rings. The van der Waals surface area contributed by atoms with Crippen LogP contribution in [-0.2, 0) is 17.9 Å². The third-order valence-electron chi connectivity index (χ3n) is 2.13. The number of aliphatic hydroxyl groups excluding tert-OH is 1. The first-order valence-electron chi connectivity index (χ1n) is 4.47. The lowest BCUT2D eigenvalue weighted by atomic mass is 10.3. The van der Waals surface area contributed by atoms with Crippen LogP contribution >= 0.6 is 0 Å². The van der Waals surface area contributed by atoms with E-state index in [2.05, 4.69) is 10.2 Å². The van der Waals surface area contributed by atoms with E-state index in [0.717, 1.165) is 25.4 Å². The predicted octanol–water partition coefficient (Wildman–Crippen LogP) is 0.252. The maximum absolute atomic E-state index is 9.40. The molecule has 1 aliphatic rings. The van der Waals surface area contributed by atoms with Crippen molar-refractivity contribution in [3.8, 4) is 0 Å². The second-order valence-corrected chi connectivity index (χ2v) is 3.21. The van der Waals surface area contributed by atoms with Gasteiger partial charge in [0.2, 0.25) is 0 Å². The minimum atomic E-state index is -0.556. The number of aliphatic hydroxyl groups is 1. The number of aromatic nitrogens is 3. The summed E-state index contributed by atoms with van der Waals surface area (Å²) in [4.78, 5) is 0. The van der Waals surface area contributed by atoms with Gasteiger partial charge < -0.3 is 14.4 Å². The van der Waals surface area contributed by atoms with Crippen molar-refractivity contribution in [2.45, 2.75) is 32.6 Å². The first-order chi connectivity index (χ1) is 6.29. The summed E-state index contributed by atoms with van der Waals surface area (Å²) < 4.78 is 7.25. The van der Waals surface area contributed by atoms with Gasteiger partial charge in [0.25, 0.3) is 0 Å². The van der Waals surface area contributed by atoms with Crippen molar-refractivity contribution in [2.75, 3.05) is 6.61 Å². The number of rotatable bonds is 1. The quantitative estimate of drug-likeness (QED) is 0.678. The summed E-state index contributed by atoms with van der Waals surface area (Å²) in [6, 6.07) is 0. The molecule has 0 aliphatic carbocycles. The summed E-state index contributed by atoms with van der Waals surface area (Å²) in [5.74, 6) is 1.45. The molecule has 5 nitrogen and oxygen atoms in total. The van der Waals surface area contributed by atoms with E-state index in [1.165, 1.54) is 0 Å². The molecule has 0 bridgehead atoms. The Balaban J connectivity index is 2.34. The minimum absolute atomic E-state index is 0.500. The smallest absolute Gasteiger partial charge is 0.161 e. The fraction of sp³-hybridized carbons (Fsp3) is 0.750. The molecule has 1 unspecified atom stereocenters. The molecule has 0 saturated carbocycles. The monoisotopic (exact) mass is 183 g/mol. The van der Waals surface area contributed by atoms with Crippen molar-refractivity contribution < 1.29 is 9.84 Å². The van der Waals surface area contributed by atoms with E-state index in [0.29, 0.717) is 12.4 Å². The Morgan fingerprint density at radius 2 is 2.38 bits per heavy atom. The fourth-order valence-corrected chi connectivity index (χ4v) is 1.50. The Bertz CT molecular complexity index is 296. The zero-order valence-corrected chi connectivity index (χ0v) is 7.60. The van der Waals surface area contributed by atoms with Crippen molar-refractivity contribution >= 4 is 0 Å². The van der Waals surface area contributed by atoms with Crippen LogP contribution in [0.25, 0.3) is 0 Å². The molecule has 0 saturated heterocycles. The van der Waals surface area contributed by atoms with Gasteiger partial charge in [-0.15, -0.1) is 10.2 Å². The Morgan fingerprint density at radius 1 is 1.54 bits per heavy atom. The van der Waals surface area contributed by atoms with Crippen molar-refractivity contribution in [3.05, 3.63) is 11.6 Å². The molecule has 2 rings (SSSR count). The molecule has 0 spiro atoms. The lowest BCUT2D eigenvalue weighted by Crippen LogP contribution is -2.08. The zero-order valence-electron chi connectivity index (χ0n) is 7.60. The van der Waals surface area contributed by atoms with Crippen molar-refractivity contribution in [1.29, 1.82) is 0 Å². The Morgan fingerprint density at radius 3 is 3.15 bits per heavy atom. The van der Waals surface area contributed by atoms with Crippen molar-refractivity contribution in [1.82, 2.24) is 14.8 Å². The number of ether oxygens (including phenoxy) is 1. The summed E-state index contributed by atoms with van der Waals surface area (Å²) in [5, 5.41) is 17.3. The summed E-state index contributed by atoms with van der Waals surface area (Å²) in [7, 11) is 0. The molecule has 13 heavy (non-hydrogen) atoms. The van der Waals surface area contributed by atoms with Gasteiger partial charge in [-0.1, -0.05) is 0 Å². The molecule has 1 N–H and O–H groups in total. The van der Waals surface area contributed by atoms with Gasteiger partial charge in [0.15, 0.2) is 11.6 Å². The molecule has 0 radical (unpaired) electrons. The SMILES string of the molecule is CC(O)c1nnc2n1CCCOC2. The van der Waals surface area contributed by atoms with E-state index in [9.17, 15) is 5.11 Å². The maximum atomic E-state index is 9.40. The average molecular weight is 183 g/mol. The van der Waals surface area contributed by atoms with E-state index in [1.807, 2.05) is 4.57 Å². The standard InChI is InChI=1S/C8H13N3O2/c1-6(12)8-10-9-7-5-13-4-2-3-11(7)8/h6,12H,2-5H2,1H3. The normalized spacial score (nSPS) is 19.2. The van der Waals surface area contributed by atoms with E-state index in [-0.39, 0.29) is 0 Å². The molecule has 0 aromatic carbocycles. The fourth-order valence-electron chi connectivity index (χ4n) is 1.50. The van der Waals surface area contributed by atoms with Crippen LogP contribution in [0.1, 0.15) is 31.1 Å². The highest BCUT2D eigenvalue weighted by Crippen LogP contribution is 2.14. The molecular weight excluding hydrogens is 170 g/mol. The van der Waals surface area contributed by atoms with Gasteiger partial charge in [-0.2, -0.15) is 0 Å². The van der Waals surface area contributed by atoms with E-state index >= 15 is 0 Å². The summed E-state index contributed by atoms with van der Waals surface area (Å²) in [5.41, 5.74) is 0. The van der Waals surface area contributed by atoms with E-state index in [4.69, 9.17) is 4.74 Å². The zero-order chi connectivity index (χ0) is 9.26. The lowest BCUT2D eigenvalue weighted by molar-refractivity contribution is 0.122. The Labute approximate surface area is 76.3 Å². The van der Waals surface area contributed by atoms with Gasteiger partial charge in [-0.25, -0.2) is 0 Å². The van der Waals surface area contributed by atoms with Crippen LogP contribution in [0, 0.1) is 0 Å². The van der Waals surface area contributed by atoms with E-state index in [1.54, 1.807) is 6.92 Å². The summed E-state index contributed by atoms with van der Waals surface area (Å²) >= 11 is 0. The van der Waals surface area contributed by atoms with Crippen LogP contribution in [0.3, 0.4) is 0 Å². The molecule has 5 heteroatoms. The average Bonchev–Trinajstić information content (AvgIpc) is 2.36. The van der Waals surface area contributed by atoms with E-state index < -0.39 is 6.10 Å². The second-order valence-electron chi connectivity index (χ2n) is 3.21. The van der Waals surface area contributed by atoms with Gasteiger partial charge in [0.05, 0.1) is 0 Å². The third-order valence-corrected chi connectivity index (χ3v) is 2.13. The maximum Gasteiger partial charge on any atom is 0.161 e. The van der Waals surface area contributed by atoms with Gasteiger partial charge in [0, 0.05) is 13.2 Å². The molecule has 2 heterocycles. The molecule has 1 atom stereocenters. The van der Waals surface area contributed by atoms with Crippen LogP contribution in [0.15, 0.2) is 0 Å². The molecule has 1 aliphatic heterocycles. The molecule has 72 valence electrons. The highest BCUT2D eigenvalue weighted by atomic mass is 16.5. The predicted molar refractivity (Wildman–Crippen MR) is 44.9 cm³/mol. The largest absolute Gasteiger partial charge is 0.385 e. The first kappa shape index (κ1) is 8.65. The van der Waals surface area contributed by atoms with Crippen LogP contribution in [0.2, 0.25) is 0 Å². The molecule has 0 amide bonds. The summed E-state index contributed by atoms with van der Waals surface area (Å²) in [6.45, 7) is 3.79. The number of nitrogens with zero attached hydrogens (tertiary/aromatic N) is 3. The highest BCUT2D eigenvalue weighted by Gasteiger charge is 2.17. The van der Waals surface area contributed by atoms with Crippen LogP contribution in [-0.4, -0.2) is 26.5 Å². The van der Waals surface area contributed by atoms with Crippen molar-refractivity contribution in [2.24, 2.45) is 0 Å². The van der Waals surface area contributed by atoms with Crippen LogP contribution < -0.4 is 0 Å². The number of fused-ring (bicyclic) bond motifs is 1. The van der Waals surface area contributed by atoms with Crippen LogP contribution in [0.5, 0.6) is 0 Å². The molecular formula is C8H13N3O2. The summed E-state index contributed by atoms with van der Waals surface area (Å²) in [6.07, 6.45) is 0.393. The van der Waals surface area contributed by atoms with Crippen LogP contribution in [0.4, 0.5) is 0 Å². The minimum Gasteiger partial charge on any atom is -0.385 e. The first-order valence-corrected chi connectivity index (χ1v) is 4.47. The molecule has 1 aromatic rings. The molecule has 1 aromatic heterocycles. The number of hydrogen-bond acceptors (Lipinski definition) is 4. The number of hydrogen-bond donors (Lipinski definition) is 1. The highest BCUT2D eigenvalue weighted by molar-refractivity contribution is 4.98. The Hall–Kier alpha value is -0.940. The Kier molecular flexibility index (Phi) is 2.28. The van der Waals surface area contributed by atoms with Gasteiger partial charge in [-0.05, 0) is 13.3 Å². The van der Waals surface area contributed by atoms with Crippen molar-refractivity contribution in [3.63, 3.8) is 0 Å². The van der Waals surface area contributed by atoms with Gasteiger partial charge >= 0.3 is 0 Å². The lowest BCUT2D eigenvalue weighted by Gasteiger charge is -2.07. The third kappa shape index (κ3) is 1.57. The van der Waals surface area contributed by atoms with Gasteiger partial charge in [0.1, 0.15) is 12.7 Å². The second kappa shape index (κ2) is 3.43. The topological polar surface area (TPSA) is 60.2 Å². The van der Waals surface area contributed by atoms with Gasteiger partial charge in [-0.3, -0.25) is 0 Å².